The van der Waals surface area contributed by atoms with Gasteiger partial charge in [0.15, 0.2) is 0 Å². The molecule has 2 nitrogen and oxygen atoms in total. The Bertz CT molecular complexity index is 348. The second kappa shape index (κ2) is 6.86. The molecule has 0 aliphatic rings. The molecule has 0 saturated heterocycles. The Hall–Kier alpha value is -0.930. The van der Waals surface area contributed by atoms with Gasteiger partial charge in [0.25, 0.3) is 0 Å². The molecule has 0 saturated carbocycles. The lowest BCUT2D eigenvalue weighted by molar-refractivity contribution is 0.172. The van der Waals surface area contributed by atoms with E-state index in [9.17, 15) is 9.50 Å². The van der Waals surface area contributed by atoms with Gasteiger partial charge in [-0.1, -0.05) is 31.9 Å². The number of halogens is 1. The molecule has 3 heteroatoms. The van der Waals surface area contributed by atoms with E-state index >= 15 is 0 Å². The van der Waals surface area contributed by atoms with Gasteiger partial charge in [0.2, 0.25) is 0 Å². The summed E-state index contributed by atoms with van der Waals surface area (Å²) < 4.78 is 12.9. The van der Waals surface area contributed by atoms with Crippen LogP contribution in [0.5, 0.6) is 0 Å². The fraction of sp³-hybridized carbons (Fsp3) is 0.600. The zero-order valence-corrected chi connectivity index (χ0v) is 11.5. The first kappa shape index (κ1) is 15.1. The van der Waals surface area contributed by atoms with E-state index in [0.717, 1.165) is 24.8 Å². The summed E-state index contributed by atoms with van der Waals surface area (Å²) in [5.41, 5.74) is 0.749. The number of aliphatic hydroxyl groups excluding tert-OH is 1. The molecule has 2 N–H and O–H groups in total. The quantitative estimate of drug-likeness (QED) is 0.780. The van der Waals surface area contributed by atoms with Crippen LogP contribution in [0.25, 0.3) is 0 Å². The molecule has 1 rings (SSSR count). The van der Waals surface area contributed by atoms with Crippen molar-refractivity contribution >= 4 is 0 Å². The predicted molar refractivity (Wildman–Crippen MR) is 73.0 cm³/mol. The Balaban J connectivity index is 2.80. The van der Waals surface area contributed by atoms with E-state index in [1.54, 1.807) is 0 Å². The number of rotatable bonds is 7. The number of hydrogen-bond acceptors (Lipinski definition) is 2. The lowest BCUT2D eigenvalue weighted by Crippen LogP contribution is -2.44. The van der Waals surface area contributed by atoms with Gasteiger partial charge in [0.05, 0.1) is 6.61 Å². The minimum Gasteiger partial charge on any atom is -0.394 e. The third kappa shape index (κ3) is 4.75. The Labute approximate surface area is 109 Å². The predicted octanol–water partition coefficient (Wildman–Crippen LogP) is 3.42. The highest BCUT2D eigenvalue weighted by Crippen LogP contribution is 2.22. The van der Waals surface area contributed by atoms with Gasteiger partial charge in [-0.15, -0.1) is 0 Å². The molecule has 0 bridgehead atoms. The summed E-state index contributed by atoms with van der Waals surface area (Å²) in [7, 11) is 0. The highest BCUT2D eigenvalue weighted by atomic mass is 19.1. The van der Waals surface area contributed by atoms with Crippen molar-refractivity contribution in [1.82, 2.24) is 5.32 Å². The van der Waals surface area contributed by atoms with Crippen LogP contribution in [0.15, 0.2) is 24.3 Å². The molecule has 1 unspecified atom stereocenters. The van der Waals surface area contributed by atoms with E-state index in [2.05, 4.69) is 12.2 Å². The summed E-state index contributed by atoms with van der Waals surface area (Å²) in [6, 6.07) is 6.77. The normalized spacial score (nSPS) is 13.6. The smallest absolute Gasteiger partial charge is 0.123 e. The second-order valence-electron chi connectivity index (χ2n) is 5.43. The average molecular weight is 253 g/mol. The van der Waals surface area contributed by atoms with Gasteiger partial charge in [-0.25, -0.2) is 4.39 Å². The van der Waals surface area contributed by atoms with Gasteiger partial charge in [-0.05, 0) is 38.0 Å². The zero-order chi connectivity index (χ0) is 13.6. The van der Waals surface area contributed by atoms with E-state index in [1.807, 2.05) is 26.0 Å². The van der Waals surface area contributed by atoms with Crippen LogP contribution in [0, 0.1) is 5.82 Å². The molecule has 102 valence electrons. The number of hydrogen-bond donors (Lipinski definition) is 2. The summed E-state index contributed by atoms with van der Waals surface area (Å²) in [6.07, 6.45) is 3.22. The van der Waals surface area contributed by atoms with Gasteiger partial charge in [0.1, 0.15) is 5.82 Å². The summed E-state index contributed by atoms with van der Waals surface area (Å²) in [6.45, 7) is 6.17. The summed E-state index contributed by atoms with van der Waals surface area (Å²) in [5.74, 6) is -0.214. The van der Waals surface area contributed by atoms with E-state index < -0.39 is 0 Å². The van der Waals surface area contributed by atoms with Crippen molar-refractivity contribution < 1.29 is 9.50 Å². The molecule has 0 amide bonds. The molecule has 0 radical (unpaired) electrons. The topological polar surface area (TPSA) is 32.3 Å². The monoisotopic (exact) mass is 253 g/mol. The molecule has 1 atom stereocenters. The zero-order valence-electron chi connectivity index (χ0n) is 11.5. The molecule has 1 aromatic carbocycles. The van der Waals surface area contributed by atoms with Crippen LogP contribution in [-0.4, -0.2) is 17.3 Å². The standard InChI is InChI=1S/C15H24FNO/c1-4-5-6-14(17-15(2,3)11-18)12-7-9-13(16)10-8-12/h7-10,14,17-18H,4-6,11H2,1-3H3. The minimum atomic E-state index is -0.327. The van der Waals surface area contributed by atoms with Crippen molar-refractivity contribution in [3.05, 3.63) is 35.6 Å². The Morgan fingerprint density at radius 2 is 1.89 bits per heavy atom. The van der Waals surface area contributed by atoms with Gasteiger partial charge in [-0.2, -0.15) is 0 Å². The van der Waals surface area contributed by atoms with Gasteiger partial charge in [-0.3, -0.25) is 0 Å². The lowest BCUT2D eigenvalue weighted by atomic mass is 9.97. The van der Waals surface area contributed by atoms with Crippen molar-refractivity contribution in [2.75, 3.05) is 6.61 Å². The maximum Gasteiger partial charge on any atom is 0.123 e. The first-order valence-corrected chi connectivity index (χ1v) is 6.62. The highest BCUT2D eigenvalue weighted by molar-refractivity contribution is 5.20. The van der Waals surface area contributed by atoms with Crippen LogP contribution in [-0.2, 0) is 0 Å². The molecule has 0 fully saturated rings. The van der Waals surface area contributed by atoms with E-state index in [-0.39, 0.29) is 24.0 Å². The van der Waals surface area contributed by atoms with E-state index in [4.69, 9.17) is 0 Å². The Morgan fingerprint density at radius 1 is 1.28 bits per heavy atom. The van der Waals surface area contributed by atoms with E-state index in [1.165, 1.54) is 12.1 Å². The Morgan fingerprint density at radius 3 is 2.39 bits per heavy atom. The molecule has 0 spiro atoms. The van der Waals surface area contributed by atoms with Crippen LogP contribution < -0.4 is 5.32 Å². The van der Waals surface area contributed by atoms with Crippen LogP contribution >= 0.6 is 0 Å². The third-order valence-corrected chi connectivity index (χ3v) is 3.08. The molecule has 18 heavy (non-hydrogen) atoms. The van der Waals surface area contributed by atoms with Crippen LogP contribution in [0.4, 0.5) is 4.39 Å². The molecular weight excluding hydrogens is 229 g/mol. The molecule has 0 aromatic heterocycles. The number of benzene rings is 1. The molecule has 0 aliphatic carbocycles. The first-order chi connectivity index (χ1) is 8.48. The van der Waals surface area contributed by atoms with Gasteiger partial charge in [0, 0.05) is 11.6 Å². The highest BCUT2D eigenvalue weighted by Gasteiger charge is 2.22. The first-order valence-electron chi connectivity index (χ1n) is 6.62. The van der Waals surface area contributed by atoms with Gasteiger partial charge < -0.3 is 10.4 Å². The second-order valence-corrected chi connectivity index (χ2v) is 5.43. The van der Waals surface area contributed by atoms with Crippen molar-refractivity contribution in [3.8, 4) is 0 Å². The van der Waals surface area contributed by atoms with Crippen molar-refractivity contribution in [2.45, 2.75) is 51.6 Å². The largest absolute Gasteiger partial charge is 0.394 e. The van der Waals surface area contributed by atoms with Crippen LogP contribution in [0.3, 0.4) is 0 Å². The molecule has 1 aromatic rings. The number of nitrogens with one attached hydrogen (secondary N) is 1. The van der Waals surface area contributed by atoms with Crippen molar-refractivity contribution in [3.63, 3.8) is 0 Å². The fourth-order valence-electron chi connectivity index (χ4n) is 1.94. The minimum absolute atomic E-state index is 0.0802. The van der Waals surface area contributed by atoms with Crippen LogP contribution in [0.1, 0.15) is 51.6 Å². The number of unbranched alkanes of at least 4 members (excludes halogenated alkanes) is 1. The summed E-state index contributed by atoms with van der Waals surface area (Å²) in [5, 5.41) is 12.8. The fourth-order valence-corrected chi connectivity index (χ4v) is 1.94. The summed E-state index contributed by atoms with van der Waals surface area (Å²) in [4.78, 5) is 0. The van der Waals surface area contributed by atoms with Gasteiger partial charge >= 0.3 is 0 Å². The molecule has 0 heterocycles. The third-order valence-electron chi connectivity index (χ3n) is 3.08. The van der Waals surface area contributed by atoms with Crippen molar-refractivity contribution in [1.29, 1.82) is 0 Å². The Kier molecular flexibility index (Phi) is 5.76. The van der Waals surface area contributed by atoms with E-state index in [0.29, 0.717) is 0 Å². The van der Waals surface area contributed by atoms with Crippen LogP contribution in [0.2, 0.25) is 0 Å². The average Bonchev–Trinajstić information content (AvgIpc) is 2.35. The maximum atomic E-state index is 12.9. The summed E-state index contributed by atoms with van der Waals surface area (Å²) >= 11 is 0. The maximum absolute atomic E-state index is 12.9. The number of aliphatic hydroxyl groups is 1. The molecular formula is C15H24FNO. The molecule has 0 aliphatic heterocycles. The van der Waals surface area contributed by atoms with Crippen molar-refractivity contribution in [2.24, 2.45) is 0 Å². The lowest BCUT2D eigenvalue weighted by Gasteiger charge is -2.30. The SMILES string of the molecule is CCCCC(NC(C)(C)CO)c1ccc(F)cc1.